The molecule has 0 atom stereocenters. The minimum Gasteiger partial charge on any atom is -0.437 e. The molecule has 1 aromatic heterocycles. The predicted molar refractivity (Wildman–Crippen MR) is 101 cm³/mol. The SMILES string of the molecule is CCc1ccc(Oc2ncnc(N(C)C3CCN(C)CC3)c2N)cc1. The Bertz CT molecular complexity index is 695. The van der Waals surface area contributed by atoms with Crippen LogP contribution >= 0.6 is 0 Å². The highest BCUT2D eigenvalue weighted by molar-refractivity contribution is 5.68. The molecule has 6 heteroatoms. The Hall–Kier alpha value is -2.34. The molecule has 1 aliphatic heterocycles. The molecule has 25 heavy (non-hydrogen) atoms. The van der Waals surface area contributed by atoms with E-state index in [4.69, 9.17) is 10.5 Å². The lowest BCUT2D eigenvalue weighted by atomic mass is 10.0. The predicted octanol–water partition coefficient (Wildman–Crippen LogP) is 2.94. The maximum atomic E-state index is 6.32. The van der Waals surface area contributed by atoms with Gasteiger partial charge in [-0.3, -0.25) is 0 Å². The van der Waals surface area contributed by atoms with Crippen LogP contribution in [0.5, 0.6) is 11.6 Å². The van der Waals surface area contributed by atoms with Crippen LogP contribution in [0.2, 0.25) is 0 Å². The van der Waals surface area contributed by atoms with Crippen LogP contribution in [-0.4, -0.2) is 48.1 Å². The lowest BCUT2D eigenvalue weighted by Gasteiger charge is -2.36. The Morgan fingerprint density at radius 2 is 1.88 bits per heavy atom. The summed E-state index contributed by atoms with van der Waals surface area (Å²) in [5.74, 6) is 1.88. The van der Waals surface area contributed by atoms with Crippen molar-refractivity contribution in [3.8, 4) is 11.6 Å². The number of ether oxygens (including phenoxy) is 1. The number of nitrogens with zero attached hydrogens (tertiary/aromatic N) is 4. The average molecular weight is 341 g/mol. The highest BCUT2D eigenvalue weighted by atomic mass is 16.5. The fraction of sp³-hybridized carbons (Fsp3) is 0.474. The van der Waals surface area contributed by atoms with Gasteiger partial charge >= 0.3 is 0 Å². The smallest absolute Gasteiger partial charge is 0.248 e. The van der Waals surface area contributed by atoms with Crippen LogP contribution in [0.15, 0.2) is 30.6 Å². The maximum Gasteiger partial charge on any atom is 0.248 e. The number of rotatable bonds is 5. The quantitative estimate of drug-likeness (QED) is 0.902. The van der Waals surface area contributed by atoms with Crippen LogP contribution in [0, 0.1) is 0 Å². The van der Waals surface area contributed by atoms with Gasteiger partial charge in [0.15, 0.2) is 5.82 Å². The van der Waals surface area contributed by atoms with E-state index in [9.17, 15) is 0 Å². The number of anilines is 2. The summed E-state index contributed by atoms with van der Waals surface area (Å²) in [6.07, 6.45) is 4.73. The van der Waals surface area contributed by atoms with E-state index >= 15 is 0 Å². The Kier molecular flexibility index (Phi) is 5.38. The van der Waals surface area contributed by atoms with Crippen molar-refractivity contribution in [2.45, 2.75) is 32.2 Å². The third-order valence-corrected chi connectivity index (χ3v) is 4.94. The van der Waals surface area contributed by atoms with Crippen molar-refractivity contribution in [1.29, 1.82) is 0 Å². The molecule has 0 unspecified atom stereocenters. The van der Waals surface area contributed by atoms with Crippen molar-refractivity contribution in [2.24, 2.45) is 0 Å². The van der Waals surface area contributed by atoms with E-state index in [1.807, 2.05) is 12.1 Å². The number of likely N-dealkylation sites (tertiary alicyclic amines) is 1. The summed E-state index contributed by atoms with van der Waals surface area (Å²) in [4.78, 5) is 13.1. The lowest BCUT2D eigenvalue weighted by Crippen LogP contribution is -2.42. The molecule has 1 aromatic carbocycles. The van der Waals surface area contributed by atoms with Gasteiger partial charge in [0.05, 0.1) is 0 Å². The number of hydrogen-bond donors (Lipinski definition) is 1. The summed E-state index contributed by atoms with van der Waals surface area (Å²) in [6.45, 7) is 4.31. The molecule has 1 saturated heterocycles. The molecule has 6 nitrogen and oxygen atoms in total. The number of aromatic nitrogens is 2. The molecule has 1 fully saturated rings. The Morgan fingerprint density at radius 3 is 2.52 bits per heavy atom. The van der Waals surface area contributed by atoms with Gasteiger partial charge in [-0.25, -0.2) is 4.98 Å². The van der Waals surface area contributed by atoms with Gasteiger partial charge in [0, 0.05) is 13.1 Å². The van der Waals surface area contributed by atoms with Crippen LogP contribution in [0.3, 0.4) is 0 Å². The summed E-state index contributed by atoms with van der Waals surface area (Å²) < 4.78 is 5.89. The first-order valence-corrected chi connectivity index (χ1v) is 8.87. The van der Waals surface area contributed by atoms with Gasteiger partial charge in [0.2, 0.25) is 5.88 Å². The number of nitrogen functional groups attached to an aromatic ring is 1. The van der Waals surface area contributed by atoms with Crippen LogP contribution in [-0.2, 0) is 6.42 Å². The summed E-state index contributed by atoms with van der Waals surface area (Å²) in [6, 6.07) is 8.43. The normalized spacial score (nSPS) is 16.0. The van der Waals surface area contributed by atoms with Gasteiger partial charge in [-0.2, -0.15) is 4.98 Å². The number of aryl methyl sites for hydroxylation is 1. The largest absolute Gasteiger partial charge is 0.437 e. The van der Waals surface area contributed by atoms with Gasteiger partial charge in [0.1, 0.15) is 17.8 Å². The molecule has 134 valence electrons. The van der Waals surface area contributed by atoms with Crippen molar-refractivity contribution in [2.75, 3.05) is 37.8 Å². The first-order chi connectivity index (χ1) is 12.1. The molecule has 1 aliphatic rings. The zero-order chi connectivity index (χ0) is 17.8. The molecular formula is C19H27N5O. The second-order valence-corrected chi connectivity index (χ2v) is 6.66. The molecule has 2 heterocycles. The molecule has 0 saturated carbocycles. The summed E-state index contributed by atoms with van der Waals surface area (Å²) in [5.41, 5.74) is 8.08. The van der Waals surface area contributed by atoms with Gasteiger partial charge in [0.25, 0.3) is 0 Å². The highest BCUT2D eigenvalue weighted by Gasteiger charge is 2.24. The molecule has 0 amide bonds. The third kappa shape index (κ3) is 4.02. The van der Waals surface area contributed by atoms with Gasteiger partial charge in [-0.05, 0) is 57.1 Å². The number of piperidine rings is 1. The molecular weight excluding hydrogens is 314 g/mol. The monoisotopic (exact) mass is 341 g/mol. The first kappa shape index (κ1) is 17.5. The van der Waals surface area contributed by atoms with Gasteiger partial charge < -0.3 is 20.3 Å². The van der Waals surface area contributed by atoms with Crippen LogP contribution < -0.4 is 15.4 Å². The van der Waals surface area contributed by atoms with E-state index in [0.717, 1.165) is 43.9 Å². The summed E-state index contributed by atoms with van der Waals surface area (Å²) >= 11 is 0. The molecule has 0 bridgehead atoms. The van der Waals surface area contributed by atoms with E-state index in [1.165, 1.54) is 11.9 Å². The molecule has 2 N–H and O–H groups in total. The molecule has 0 aliphatic carbocycles. The highest BCUT2D eigenvalue weighted by Crippen LogP contribution is 2.33. The van der Waals surface area contributed by atoms with Gasteiger partial charge in [-0.1, -0.05) is 19.1 Å². The first-order valence-electron chi connectivity index (χ1n) is 8.87. The minimum atomic E-state index is 0.411. The van der Waals surface area contributed by atoms with Crippen molar-refractivity contribution >= 4 is 11.5 Å². The van der Waals surface area contributed by atoms with Crippen molar-refractivity contribution in [3.63, 3.8) is 0 Å². The van der Waals surface area contributed by atoms with Crippen molar-refractivity contribution in [3.05, 3.63) is 36.2 Å². The standard InChI is InChI=1S/C19H27N5O/c1-4-14-5-7-16(8-6-14)25-19-17(20)18(21-13-22-19)24(3)15-9-11-23(2)12-10-15/h5-8,13,15H,4,9-12,20H2,1-3H3. The average Bonchev–Trinajstić information content (AvgIpc) is 2.64. The van der Waals surface area contributed by atoms with Crippen LogP contribution in [0.1, 0.15) is 25.3 Å². The minimum absolute atomic E-state index is 0.411. The zero-order valence-corrected chi connectivity index (χ0v) is 15.3. The summed E-state index contributed by atoms with van der Waals surface area (Å²) in [7, 11) is 4.21. The Morgan fingerprint density at radius 1 is 1.20 bits per heavy atom. The second-order valence-electron chi connectivity index (χ2n) is 6.66. The molecule has 0 radical (unpaired) electrons. The van der Waals surface area contributed by atoms with E-state index < -0.39 is 0 Å². The summed E-state index contributed by atoms with van der Waals surface area (Å²) in [5, 5.41) is 0. The molecule has 3 rings (SSSR count). The maximum absolute atomic E-state index is 6.32. The van der Waals surface area contributed by atoms with Crippen LogP contribution in [0.4, 0.5) is 11.5 Å². The molecule has 0 spiro atoms. The fourth-order valence-electron chi connectivity index (χ4n) is 3.19. The zero-order valence-electron chi connectivity index (χ0n) is 15.3. The number of benzene rings is 1. The molecule has 2 aromatic rings. The van der Waals surface area contributed by atoms with E-state index in [0.29, 0.717) is 17.6 Å². The second kappa shape index (κ2) is 7.70. The van der Waals surface area contributed by atoms with Gasteiger partial charge in [-0.15, -0.1) is 0 Å². The fourth-order valence-corrected chi connectivity index (χ4v) is 3.19. The number of hydrogen-bond acceptors (Lipinski definition) is 6. The Labute approximate surface area is 149 Å². The van der Waals surface area contributed by atoms with E-state index in [1.54, 1.807) is 0 Å². The van der Waals surface area contributed by atoms with E-state index in [2.05, 4.69) is 52.9 Å². The topological polar surface area (TPSA) is 67.5 Å². The van der Waals surface area contributed by atoms with Crippen molar-refractivity contribution < 1.29 is 4.74 Å². The lowest BCUT2D eigenvalue weighted by molar-refractivity contribution is 0.252. The Balaban J connectivity index is 1.76. The van der Waals surface area contributed by atoms with E-state index in [-0.39, 0.29) is 0 Å². The van der Waals surface area contributed by atoms with Crippen molar-refractivity contribution in [1.82, 2.24) is 14.9 Å². The van der Waals surface area contributed by atoms with Crippen LogP contribution in [0.25, 0.3) is 0 Å². The third-order valence-electron chi connectivity index (χ3n) is 4.94. The number of nitrogens with two attached hydrogens (primary N) is 1.